The van der Waals surface area contributed by atoms with Crippen molar-refractivity contribution in [3.8, 4) is 0 Å². The van der Waals surface area contributed by atoms with Crippen LogP contribution in [0, 0.1) is 0 Å². The maximum atomic E-state index is 11.1. The van der Waals surface area contributed by atoms with Crippen molar-refractivity contribution >= 4 is 5.97 Å². The van der Waals surface area contributed by atoms with Crippen molar-refractivity contribution in [3.63, 3.8) is 0 Å². The molecule has 1 aliphatic heterocycles. The molecule has 0 saturated carbocycles. The molecule has 0 aromatic heterocycles. The van der Waals surface area contributed by atoms with Gasteiger partial charge in [0, 0.05) is 18.8 Å². The van der Waals surface area contributed by atoms with Crippen LogP contribution in [0.4, 0.5) is 0 Å². The summed E-state index contributed by atoms with van der Waals surface area (Å²) in [5.41, 5.74) is 0.0327. The molecule has 0 aliphatic carbocycles. The van der Waals surface area contributed by atoms with Crippen LogP contribution in [0.3, 0.4) is 0 Å². The molecule has 1 N–H and O–H groups in total. The first-order valence-corrected chi connectivity index (χ1v) is 5.15. The Morgan fingerprint density at radius 2 is 2.14 bits per heavy atom. The number of rotatable bonds is 4. The van der Waals surface area contributed by atoms with Crippen molar-refractivity contribution < 1.29 is 14.3 Å². The van der Waals surface area contributed by atoms with Gasteiger partial charge in [0.15, 0.2) is 0 Å². The lowest BCUT2D eigenvalue weighted by Gasteiger charge is -2.34. The fourth-order valence-electron chi connectivity index (χ4n) is 1.50. The van der Waals surface area contributed by atoms with Gasteiger partial charge in [-0.1, -0.05) is 0 Å². The average Bonchev–Trinajstić information content (AvgIpc) is 2.17. The van der Waals surface area contributed by atoms with Gasteiger partial charge in [0.25, 0.3) is 0 Å². The molecule has 0 amide bonds. The Morgan fingerprint density at radius 3 is 2.71 bits per heavy atom. The van der Waals surface area contributed by atoms with Gasteiger partial charge in [0.05, 0.1) is 13.2 Å². The summed E-state index contributed by atoms with van der Waals surface area (Å²) in [4.78, 5) is 11.1. The number of ether oxygens (including phenoxy) is 2. The predicted molar refractivity (Wildman–Crippen MR) is 53.1 cm³/mol. The monoisotopic (exact) mass is 201 g/mol. The lowest BCUT2D eigenvalue weighted by molar-refractivity contribution is -0.142. The zero-order valence-corrected chi connectivity index (χ0v) is 8.97. The van der Waals surface area contributed by atoms with Gasteiger partial charge >= 0.3 is 5.97 Å². The van der Waals surface area contributed by atoms with E-state index in [0.717, 1.165) is 26.1 Å². The van der Waals surface area contributed by atoms with Crippen molar-refractivity contribution in [3.05, 3.63) is 0 Å². The molecule has 0 aromatic carbocycles. The summed E-state index contributed by atoms with van der Waals surface area (Å²) in [5.74, 6) is -0.180. The van der Waals surface area contributed by atoms with Crippen molar-refractivity contribution in [1.82, 2.24) is 5.32 Å². The third kappa shape index (κ3) is 3.64. The molecule has 1 rings (SSSR count). The number of carbonyl (C=O) groups is 1. The van der Waals surface area contributed by atoms with E-state index in [9.17, 15) is 4.79 Å². The van der Waals surface area contributed by atoms with E-state index in [0.29, 0.717) is 13.2 Å². The molecular weight excluding hydrogens is 182 g/mol. The molecule has 1 saturated heterocycles. The van der Waals surface area contributed by atoms with Crippen LogP contribution >= 0.6 is 0 Å². The van der Waals surface area contributed by atoms with Crippen LogP contribution in [-0.4, -0.2) is 37.9 Å². The largest absolute Gasteiger partial charge is 0.465 e. The van der Waals surface area contributed by atoms with E-state index in [1.54, 1.807) is 0 Å². The van der Waals surface area contributed by atoms with Crippen molar-refractivity contribution in [2.75, 3.05) is 26.4 Å². The normalized spacial score (nSPS) is 20.4. The van der Waals surface area contributed by atoms with E-state index in [1.807, 2.05) is 6.92 Å². The van der Waals surface area contributed by atoms with E-state index in [2.05, 4.69) is 12.2 Å². The predicted octanol–water partition coefficient (Wildman–Crippen LogP) is 0.708. The van der Waals surface area contributed by atoms with Crippen LogP contribution in [0.25, 0.3) is 0 Å². The highest BCUT2D eigenvalue weighted by Gasteiger charge is 2.27. The number of hydrogen-bond acceptors (Lipinski definition) is 4. The summed E-state index contributed by atoms with van der Waals surface area (Å²) in [6.07, 6.45) is 1.90. The molecule has 0 unspecified atom stereocenters. The fourth-order valence-corrected chi connectivity index (χ4v) is 1.50. The first-order valence-electron chi connectivity index (χ1n) is 5.15. The summed E-state index contributed by atoms with van der Waals surface area (Å²) >= 11 is 0. The molecule has 0 aromatic rings. The van der Waals surface area contributed by atoms with Crippen LogP contribution < -0.4 is 5.32 Å². The highest BCUT2D eigenvalue weighted by atomic mass is 16.5. The second kappa shape index (κ2) is 5.32. The first kappa shape index (κ1) is 11.5. The summed E-state index contributed by atoms with van der Waals surface area (Å²) < 4.78 is 10.1. The number of esters is 1. The lowest BCUT2D eigenvalue weighted by Crippen LogP contribution is -2.48. The molecule has 0 radical (unpaired) electrons. The van der Waals surface area contributed by atoms with E-state index < -0.39 is 0 Å². The Bertz CT molecular complexity index is 188. The highest BCUT2D eigenvalue weighted by molar-refractivity contribution is 5.71. The van der Waals surface area contributed by atoms with E-state index in [4.69, 9.17) is 9.47 Å². The minimum Gasteiger partial charge on any atom is -0.465 e. The van der Waals surface area contributed by atoms with Crippen LogP contribution in [-0.2, 0) is 14.3 Å². The quantitative estimate of drug-likeness (QED) is 0.680. The standard InChI is InChI=1S/C10H19NO3/c1-3-14-9(12)8-11-10(2)4-6-13-7-5-10/h11H,3-8H2,1-2H3. The van der Waals surface area contributed by atoms with Gasteiger partial charge in [-0.05, 0) is 26.7 Å². The van der Waals surface area contributed by atoms with Gasteiger partial charge < -0.3 is 14.8 Å². The van der Waals surface area contributed by atoms with Crippen LogP contribution in [0.5, 0.6) is 0 Å². The van der Waals surface area contributed by atoms with Crippen LogP contribution in [0.1, 0.15) is 26.7 Å². The SMILES string of the molecule is CCOC(=O)CNC1(C)CCOCC1. The number of hydrogen-bond donors (Lipinski definition) is 1. The van der Waals surface area contributed by atoms with E-state index in [-0.39, 0.29) is 11.5 Å². The average molecular weight is 201 g/mol. The second-order valence-electron chi connectivity index (χ2n) is 3.83. The van der Waals surface area contributed by atoms with E-state index >= 15 is 0 Å². The Labute approximate surface area is 85.0 Å². The summed E-state index contributed by atoms with van der Waals surface area (Å²) in [6, 6.07) is 0. The Balaban J connectivity index is 2.24. The van der Waals surface area contributed by atoms with Crippen LogP contribution in [0.2, 0.25) is 0 Å². The molecule has 82 valence electrons. The van der Waals surface area contributed by atoms with Gasteiger partial charge in [-0.25, -0.2) is 0 Å². The topological polar surface area (TPSA) is 47.6 Å². The molecular formula is C10H19NO3. The van der Waals surface area contributed by atoms with Crippen molar-refractivity contribution in [2.24, 2.45) is 0 Å². The zero-order valence-electron chi connectivity index (χ0n) is 8.97. The van der Waals surface area contributed by atoms with Crippen molar-refractivity contribution in [2.45, 2.75) is 32.2 Å². The Kier molecular flexibility index (Phi) is 4.35. The van der Waals surface area contributed by atoms with Gasteiger partial charge in [-0.3, -0.25) is 4.79 Å². The molecule has 14 heavy (non-hydrogen) atoms. The molecule has 1 heterocycles. The maximum absolute atomic E-state index is 11.1. The Morgan fingerprint density at radius 1 is 1.50 bits per heavy atom. The van der Waals surface area contributed by atoms with Gasteiger partial charge in [-0.2, -0.15) is 0 Å². The molecule has 1 fully saturated rings. The Hall–Kier alpha value is -0.610. The van der Waals surface area contributed by atoms with Crippen LogP contribution in [0.15, 0.2) is 0 Å². The van der Waals surface area contributed by atoms with Gasteiger partial charge in [0.2, 0.25) is 0 Å². The summed E-state index contributed by atoms with van der Waals surface area (Å²) in [6.45, 7) is 6.21. The third-order valence-corrected chi connectivity index (χ3v) is 2.56. The smallest absolute Gasteiger partial charge is 0.319 e. The minimum atomic E-state index is -0.180. The van der Waals surface area contributed by atoms with Gasteiger partial charge in [0.1, 0.15) is 0 Å². The number of carbonyl (C=O) groups excluding carboxylic acids is 1. The fraction of sp³-hybridized carbons (Fsp3) is 0.900. The summed E-state index contributed by atoms with van der Waals surface area (Å²) in [7, 11) is 0. The third-order valence-electron chi connectivity index (χ3n) is 2.56. The maximum Gasteiger partial charge on any atom is 0.319 e. The van der Waals surface area contributed by atoms with Gasteiger partial charge in [-0.15, -0.1) is 0 Å². The molecule has 1 aliphatic rings. The molecule has 4 nitrogen and oxygen atoms in total. The molecule has 0 bridgehead atoms. The van der Waals surface area contributed by atoms with Crippen molar-refractivity contribution in [1.29, 1.82) is 0 Å². The second-order valence-corrected chi connectivity index (χ2v) is 3.83. The minimum absolute atomic E-state index is 0.0327. The zero-order chi connectivity index (χ0) is 10.4. The molecule has 0 atom stereocenters. The molecule has 4 heteroatoms. The van der Waals surface area contributed by atoms with E-state index in [1.165, 1.54) is 0 Å². The molecule has 0 spiro atoms. The summed E-state index contributed by atoms with van der Waals surface area (Å²) in [5, 5.41) is 3.23. The first-order chi connectivity index (χ1) is 6.66. The highest BCUT2D eigenvalue weighted by Crippen LogP contribution is 2.19. The lowest BCUT2D eigenvalue weighted by atomic mass is 9.92. The number of nitrogens with one attached hydrogen (secondary N) is 1.